The van der Waals surface area contributed by atoms with Gasteiger partial charge in [-0.2, -0.15) is 0 Å². The predicted molar refractivity (Wildman–Crippen MR) is 118 cm³/mol. The van der Waals surface area contributed by atoms with Gasteiger partial charge in [-0.3, -0.25) is 0 Å². The van der Waals surface area contributed by atoms with E-state index >= 15 is 0 Å². The maximum atomic E-state index is 6.08. The molecule has 0 N–H and O–H groups in total. The van der Waals surface area contributed by atoms with Crippen LogP contribution in [0, 0.1) is 0 Å². The van der Waals surface area contributed by atoms with Crippen molar-refractivity contribution in [3.8, 4) is 11.5 Å². The molecule has 2 nitrogen and oxygen atoms in total. The minimum atomic E-state index is 0.754. The number of rotatable bonds is 15. The zero-order valence-corrected chi connectivity index (χ0v) is 17.6. The van der Waals surface area contributed by atoms with Crippen molar-refractivity contribution in [1.82, 2.24) is 0 Å². The zero-order chi connectivity index (χ0) is 19.2. The van der Waals surface area contributed by atoms with Gasteiger partial charge in [0, 0.05) is 16.7 Å². The predicted octanol–water partition coefficient (Wildman–Crippen LogP) is 7.76. The second-order valence-electron chi connectivity index (χ2n) is 7.18. The summed E-state index contributed by atoms with van der Waals surface area (Å²) >= 11 is 5.72. The molecule has 0 atom stereocenters. The fourth-order valence-corrected chi connectivity index (χ4v) is 3.48. The number of hydrogen-bond donors (Lipinski definition) is 0. The van der Waals surface area contributed by atoms with Gasteiger partial charge in [0.05, 0.1) is 13.2 Å². The lowest BCUT2D eigenvalue weighted by molar-refractivity contribution is 0.301. The van der Waals surface area contributed by atoms with Crippen molar-refractivity contribution in [1.29, 1.82) is 0 Å². The van der Waals surface area contributed by atoms with Gasteiger partial charge in [0.1, 0.15) is 11.5 Å². The number of ether oxygens (including phenoxy) is 2. The molecule has 2 aromatic carbocycles. The van der Waals surface area contributed by atoms with E-state index in [0.29, 0.717) is 0 Å². The minimum Gasteiger partial charge on any atom is -0.493 e. The topological polar surface area (TPSA) is 18.5 Å². The zero-order valence-electron chi connectivity index (χ0n) is 16.9. The third kappa shape index (κ3) is 8.01. The molecular weight excluding hydrogens is 356 g/mol. The summed E-state index contributed by atoms with van der Waals surface area (Å²) in [7, 11) is 0. The standard InChI is InChI=1S/C24H35ClO2/c1-2-3-4-5-7-12-19-26-23-16-17-24(22-15-10-9-14-21(22)23)27-20-13-8-6-11-18-25/h9-10,14-17H,2-8,11-13,18-20H2,1H3. The van der Waals surface area contributed by atoms with Crippen molar-refractivity contribution >= 4 is 22.4 Å². The molecule has 0 radical (unpaired) electrons. The molecule has 150 valence electrons. The first-order chi connectivity index (χ1) is 13.4. The molecule has 3 heteroatoms. The smallest absolute Gasteiger partial charge is 0.127 e. The first-order valence-corrected chi connectivity index (χ1v) is 11.2. The summed E-state index contributed by atoms with van der Waals surface area (Å²) in [5.41, 5.74) is 0. The lowest BCUT2D eigenvalue weighted by Crippen LogP contribution is -2.00. The first-order valence-electron chi connectivity index (χ1n) is 10.7. The lowest BCUT2D eigenvalue weighted by Gasteiger charge is -2.13. The normalized spacial score (nSPS) is 11.0. The second-order valence-corrected chi connectivity index (χ2v) is 7.55. The van der Waals surface area contributed by atoms with Gasteiger partial charge in [-0.25, -0.2) is 0 Å². The maximum absolute atomic E-state index is 6.08. The number of benzene rings is 2. The number of hydrogen-bond acceptors (Lipinski definition) is 2. The Morgan fingerprint density at radius 2 is 1.11 bits per heavy atom. The van der Waals surface area contributed by atoms with Crippen LogP contribution in [-0.4, -0.2) is 19.1 Å². The van der Waals surface area contributed by atoms with Crippen LogP contribution >= 0.6 is 11.6 Å². The Morgan fingerprint density at radius 3 is 1.63 bits per heavy atom. The highest BCUT2D eigenvalue weighted by atomic mass is 35.5. The SMILES string of the molecule is CCCCCCCCOc1ccc(OCCCCCCCl)c2ccccc12. The number of unbranched alkanes of at least 4 members (excludes halogenated alkanes) is 8. The van der Waals surface area contributed by atoms with E-state index in [0.717, 1.165) is 60.6 Å². The van der Waals surface area contributed by atoms with Crippen LogP contribution in [0.1, 0.15) is 71.1 Å². The van der Waals surface area contributed by atoms with E-state index < -0.39 is 0 Å². The van der Waals surface area contributed by atoms with Crippen molar-refractivity contribution in [2.24, 2.45) is 0 Å². The van der Waals surface area contributed by atoms with Gasteiger partial charge in [-0.05, 0) is 31.4 Å². The van der Waals surface area contributed by atoms with Gasteiger partial charge < -0.3 is 9.47 Å². The van der Waals surface area contributed by atoms with Crippen LogP contribution in [0.2, 0.25) is 0 Å². The Hall–Kier alpha value is -1.41. The van der Waals surface area contributed by atoms with Crippen LogP contribution in [0.4, 0.5) is 0 Å². The van der Waals surface area contributed by atoms with Crippen molar-refractivity contribution in [3.63, 3.8) is 0 Å². The molecule has 0 aromatic heterocycles. The highest BCUT2D eigenvalue weighted by Gasteiger charge is 2.07. The van der Waals surface area contributed by atoms with Crippen LogP contribution in [0.15, 0.2) is 36.4 Å². The molecule has 0 saturated heterocycles. The van der Waals surface area contributed by atoms with Gasteiger partial charge in [-0.15, -0.1) is 11.6 Å². The first kappa shape index (κ1) is 21.9. The van der Waals surface area contributed by atoms with Gasteiger partial charge in [0.25, 0.3) is 0 Å². The Kier molecular flexibility index (Phi) is 11.1. The molecule has 0 spiro atoms. The van der Waals surface area contributed by atoms with Crippen LogP contribution in [-0.2, 0) is 0 Å². The molecule has 0 aliphatic rings. The molecule has 0 heterocycles. The average Bonchev–Trinajstić information content (AvgIpc) is 2.71. The van der Waals surface area contributed by atoms with Gasteiger partial charge in [0.2, 0.25) is 0 Å². The minimum absolute atomic E-state index is 0.754. The van der Waals surface area contributed by atoms with Crippen molar-refractivity contribution in [2.45, 2.75) is 71.1 Å². The van der Waals surface area contributed by atoms with Crippen LogP contribution in [0.3, 0.4) is 0 Å². The van der Waals surface area contributed by atoms with E-state index in [1.165, 1.54) is 44.9 Å². The van der Waals surface area contributed by atoms with Gasteiger partial charge >= 0.3 is 0 Å². The molecular formula is C24H35ClO2. The summed E-state index contributed by atoms with van der Waals surface area (Å²) in [6.45, 7) is 3.80. The second kappa shape index (κ2) is 13.7. The van der Waals surface area contributed by atoms with Crippen molar-refractivity contribution in [3.05, 3.63) is 36.4 Å². The summed E-state index contributed by atoms with van der Waals surface area (Å²) < 4.78 is 12.1. The number of alkyl halides is 1. The van der Waals surface area contributed by atoms with E-state index in [9.17, 15) is 0 Å². The third-order valence-electron chi connectivity index (χ3n) is 4.89. The Balaban J connectivity index is 1.84. The van der Waals surface area contributed by atoms with Gasteiger partial charge in [0.15, 0.2) is 0 Å². The highest BCUT2D eigenvalue weighted by molar-refractivity contribution is 6.17. The van der Waals surface area contributed by atoms with Crippen LogP contribution in [0.5, 0.6) is 11.5 Å². The molecule has 0 unspecified atom stereocenters. The summed E-state index contributed by atoms with van der Waals surface area (Å²) in [4.78, 5) is 0. The summed E-state index contributed by atoms with van der Waals surface area (Å²) in [6, 6.07) is 12.5. The molecule has 0 fully saturated rings. The molecule has 0 saturated carbocycles. The van der Waals surface area contributed by atoms with E-state index in [1.807, 2.05) is 0 Å². The van der Waals surface area contributed by atoms with E-state index in [1.54, 1.807) is 0 Å². The quantitative estimate of drug-likeness (QED) is 0.228. The largest absolute Gasteiger partial charge is 0.493 e. The van der Waals surface area contributed by atoms with Crippen LogP contribution in [0.25, 0.3) is 10.8 Å². The Labute approximate surface area is 170 Å². The fourth-order valence-electron chi connectivity index (χ4n) is 3.29. The fraction of sp³-hybridized carbons (Fsp3) is 0.583. The van der Waals surface area contributed by atoms with E-state index in [-0.39, 0.29) is 0 Å². The average molecular weight is 391 g/mol. The highest BCUT2D eigenvalue weighted by Crippen LogP contribution is 2.33. The lowest BCUT2D eigenvalue weighted by atomic mass is 10.1. The monoisotopic (exact) mass is 390 g/mol. The van der Waals surface area contributed by atoms with Gasteiger partial charge in [-0.1, -0.05) is 76.1 Å². The number of halogens is 1. The molecule has 0 amide bonds. The summed E-state index contributed by atoms with van der Waals surface area (Å²) in [5.74, 6) is 2.68. The molecule has 2 rings (SSSR count). The van der Waals surface area contributed by atoms with Crippen molar-refractivity contribution in [2.75, 3.05) is 19.1 Å². The van der Waals surface area contributed by atoms with Crippen molar-refractivity contribution < 1.29 is 9.47 Å². The molecule has 27 heavy (non-hydrogen) atoms. The Morgan fingerprint density at radius 1 is 0.630 bits per heavy atom. The summed E-state index contributed by atoms with van der Waals surface area (Å²) in [6.07, 6.45) is 12.2. The van der Waals surface area contributed by atoms with E-state index in [4.69, 9.17) is 21.1 Å². The van der Waals surface area contributed by atoms with Crippen LogP contribution < -0.4 is 9.47 Å². The molecule has 2 aromatic rings. The number of fused-ring (bicyclic) bond motifs is 1. The Bertz CT molecular complexity index is 641. The maximum Gasteiger partial charge on any atom is 0.127 e. The molecule has 0 aliphatic carbocycles. The molecule has 0 bridgehead atoms. The van der Waals surface area contributed by atoms with E-state index in [2.05, 4.69) is 43.3 Å². The third-order valence-corrected chi connectivity index (χ3v) is 5.15. The summed E-state index contributed by atoms with van der Waals surface area (Å²) in [5, 5.41) is 2.28. The molecule has 0 aliphatic heterocycles.